The number of rotatable bonds is 4. The van der Waals surface area contributed by atoms with Crippen LogP contribution in [-0.4, -0.2) is 28.5 Å². The van der Waals surface area contributed by atoms with Crippen LogP contribution < -0.4 is 5.32 Å². The summed E-state index contributed by atoms with van der Waals surface area (Å²) in [6, 6.07) is 12.0. The van der Waals surface area contributed by atoms with E-state index in [9.17, 15) is 14.4 Å². The van der Waals surface area contributed by atoms with Gasteiger partial charge in [0.2, 0.25) is 5.91 Å². The predicted octanol–water partition coefficient (Wildman–Crippen LogP) is 4.98. The smallest absolute Gasteiger partial charge is 0.294 e. The number of aryl methyl sites for hydroxylation is 1. The van der Waals surface area contributed by atoms with E-state index in [1.54, 1.807) is 48.5 Å². The largest absolute Gasteiger partial charge is 0.324 e. The molecule has 0 aliphatic carbocycles. The monoisotopic (exact) mass is 420 g/mol. The Morgan fingerprint density at radius 1 is 1.15 bits per heavy atom. The fourth-order valence-electron chi connectivity index (χ4n) is 2.45. The van der Waals surface area contributed by atoms with Crippen molar-refractivity contribution < 1.29 is 14.4 Å². The van der Waals surface area contributed by atoms with Crippen LogP contribution in [0.5, 0.6) is 0 Å². The number of halogens is 2. The first-order valence-corrected chi connectivity index (χ1v) is 9.47. The van der Waals surface area contributed by atoms with Crippen LogP contribution in [0.2, 0.25) is 10.0 Å². The minimum absolute atomic E-state index is 0.244. The summed E-state index contributed by atoms with van der Waals surface area (Å²) >= 11 is 12.7. The fraction of sp³-hybridized carbons (Fsp3) is 0.105. The van der Waals surface area contributed by atoms with Crippen LogP contribution in [0, 0.1) is 6.92 Å². The second-order valence-electron chi connectivity index (χ2n) is 5.83. The molecule has 0 bridgehead atoms. The first-order chi connectivity index (χ1) is 12.8. The summed E-state index contributed by atoms with van der Waals surface area (Å²) in [4.78, 5) is 38.1. The van der Waals surface area contributed by atoms with Crippen molar-refractivity contribution in [1.82, 2.24) is 4.90 Å². The number of nitrogens with zero attached hydrogens (tertiary/aromatic N) is 1. The number of amides is 3. The molecule has 1 aliphatic heterocycles. The molecule has 1 heterocycles. The Morgan fingerprint density at radius 2 is 1.89 bits per heavy atom. The topological polar surface area (TPSA) is 66.5 Å². The summed E-state index contributed by atoms with van der Waals surface area (Å²) in [6.45, 7) is 1.45. The normalized spacial score (nSPS) is 15.5. The van der Waals surface area contributed by atoms with E-state index in [1.807, 2.05) is 6.92 Å². The molecule has 0 unspecified atom stereocenters. The van der Waals surface area contributed by atoms with Crippen molar-refractivity contribution in [3.63, 3.8) is 0 Å². The van der Waals surface area contributed by atoms with E-state index in [-0.39, 0.29) is 11.4 Å². The molecule has 0 saturated carbocycles. The van der Waals surface area contributed by atoms with Gasteiger partial charge in [0.25, 0.3) is 11.1 Å². The van der Waals surface area contributed by atoms with Gasteiger partial charge in [-0.1, -0.05) is 41.4 Å². The molecule has 2 aromatic rings. The van der Waals surface area contributed by atoms with Gasteiger partial charge in [0.05, 0.1) is 4.91 Å². The maximum Gasteiger partial charge on any atom is 0.294 e. The molecule has 1 aliphatic rings. The van der Waals surface area contributed by atoms with E-state index in [2.05, 4.69) is 5.32 Å². The van der Waals surface area contributed by atoms with Crippen molar-refractivity contribution in [2.75, 3.05) is 11.9 Å². The van der Waals surface area contributed by atoms with Gasteiger partial charge in [-0.2, -0.15) is 0 Å². The lowest BCUT2D eigenvalue weighted by Gasteiger charge is -2.13. The molecule has 27 heavy (non-hydrogen) atoms. The van der Waals surface area contributed by atoms with E-state index < -0.39 is 17.1 Å². The second kappa shape index (κ2) is 8.17. The maximum atomic E-state index is 12.5. The third-order valence-corrected chi connectivity index (χ3v) is 5.17. The molecule has 2 aromatic carbocycles. The van der Waals surface area contributed by atoms with Crippen LogP contribution >= 0.6 is 35.0 Å². The van der Waals surface area contributed by atoms with E-state index in [4.69, 9.17) is 23.2 Å². The summed E-state index contributed by atoms with van der Waals surface area (Å²) in [6.07, 6.45) is 1.58. The number of hydrogen-bond donors (Lipinski definition) is 1. The number of carbonyl (C=O) groups excluding carboxylic acids is 3. The van der Waals surface area contributed by atoms with Gasteiger partial charge in [0.15, 0.2) is 0 Å². The van der Waals surface area contributed by atoms with Gasteiger partial charge < -0.3 is 5.32 Å². The average molecular weight is 421 g/mol. The number of thioether (sulfide) groups is 1. The van der Waals surface area contributed by atoms with E-state index in [1.165, 1.54) is 0 Å². The summed E-state index contributed by atoms with van der Waals surface area (Å²) in [5, 5.41) is 3.19. The Balaban J connectivity index is 1.72. The number of benzene rings is 2. The average Bonchev–Trinajstić information content (AvgIpc) is 2.86. The highest BCUT2D eigenvalue weighted by atomic mass is 35.5. The molecule has 0 atom stereocenters. The van der Waals surface area contributed by atoms with Crippen molar-refractivity contribution in [3.05, 3.63) is 68.5 Å². The van der Waals surface area contributed by atoms with Crippen molar-refractivity contribution in [2.24, 2.45) is 0 Å². The molecule has 8 heteroatoms. The Hall–Kier alpha value is -2.28. The molecule has 138 valence electrons. The Labute approximate surface area is 170 Å². The standard InChI is InChI=1S/C19H14Cl2N2O3S/c1-11-5-6-14(21)9-15(11)22-17(24)10-23-18(25)16(27-19(23)26)8-12-3-2-4-13(20)7-12/h2-9H,10H2,1H3,(H,22,24)/b16-8+. The number of anilines is 1. The molecular weight excluding hydrogens is 407 g/mol. The minimum atomic E-state index is -0.511. The minimum Gasteiger partial charge on any atom is -0.324 e. The predicted molar refractivity (Wildman–Crippen MR) is 109 cm³/mol. The molecule has 3 rings (SSSR count). The highest BCUT2D eigenvalue weighted by molar-refractivity contribution is 8.18. The molecule has 0 radical (unpaired) electrons. The van der Waals surface area contributed by atoms with Gasteiger partial charge in [-0.25, -0.2) is 0 Å². The summed E-state index contributed by atoms with van der Waals surface area (Å²) < 4.78 is 0. The van der Waals surface area contributed by atoms with Gasteiger partial charge in [-0.3, -0.25) is 19.3 Å². The summed E-state index contributed by atoms with van der Waals surface area (Å²) in [5.41, 5.74) is 2.06. The lowest BCUT2D eigenvalue weighted by molar-refractivity contribution is -0.127. The van der Waals surface area contributed by atoms with Crippen LogP contribution in [0.15, 0.2) is 47.4 Å². The fourth-order valence-corrected chi connectivity index (χ4v) is 3.66. The number of carbonyl (C=O) groups is 3. The summed E-state index contributed by atoms with van der Waals surface area (Å²) in [7, 11) is 0. The molecule has 3 amide bonds. The number of nitrogens with one attached hydrogen (secondary N) is 1. The number of imide groups is 1. The van der Waals surface area contributed by atoms with Crippen molar-refractivity contribution in [1.29, 1.82) is 0 Å². The third kappa shape index (κ3) is 4.71. The highest BCUT2D eigenvalue weighted by Crippen LogP contribution is 2.32. The Morgan fingerprint density at radius 3 is 2.63 bits per heavy atom. The molecule has 1 fully saturated rings. The lowest BCUT2D eigenvalue weighted by atomic mass is 10.2. The molecule has 0 aromatic heterocycles. The van der Waals surface area contributed by atoms with Crippen LogP contribution in [0.25, 0.3) is 6.08 Å². The first-order valence-electron chi connectivity index (χ1n) is 7.90. The SMILES string of the molecule is Cc1ccc(Cl)cc1NC(=O)CN1C(=O)S/C(=C/c2cccc(Cl)c2)C1=O. The number of hydrogen-bond acceptors (Lipinski definition) is 4. The molecule has 1 N–H and O–H groups in total. The van der Waals surface area contributed by atoms with E-state index in [0.717, 1.165) is 22.2 Å². The van der Waals surface area contributed by atoms with Gasteiger partial charge in [0.1, 0.15) is 6.54 Å². The van der Waals surface area contributed by atoms with Crippen molar-refractivity contribution in [2.45, 2.75) is 6.92 Å². The zero-order valence-electron chi connectivity index (χ0n) is 14.2. The van der Waals surface area contributed by atoms with Crippen LogP contribution in [0.4, 0.5) is 10.5 Å². The van der Waals surface area contributed by atoms with Crippen molar-refractivity contribution in [3.8, 4) is 0 Å². The van der Waals surface area contributed by atoms with Gasteiger partial charge >= 0.3 is 0 Å². The van der Waals surface area contributed by atoms with E-state index in [0.29, 0.717) is 21.3 Å². The summed E-state index contributed by atoms with van der Waals surface area (Å²) in [5.74, 6) is -0.991. The zero-order chi connectivity index (χ0) is 19.6. The van der Waals surface area contributed by atoms with E-state index >= 15 is 0 Å². The quantitative estimate of drug-likeness (QED) is 0.708. The molecule has 5 nitrogen and oxygen atoms in total. The van der Waals surface area contributed by atoms with Crippen LogP contribution in [-0.2, 0) is 9.59 Å². The molecular formula is C19H14Cl2N2O3S. The van der Waals surface area contributed by atoms with Crippen molar-refractivity contribution >= 4 is 63.8 Å². The highest BCUT2D eigenvalue weighted by Gasteiger charge is 2.36. The molecule has 0 spiro atoms. The lowest BCUT2D eigenvalue weighted by Crippen LogP contribution is -2.36. The van der Waals surface area contributed by atoms with Gasteiger partial charge in [0, 0.05) is 15.7 Å². The first kappa shape index (κ1) is 19.5. The van der Waals surface area contributed by atoms with Gasteiger partial charge in [-0.15, -0.1) is 0 Å². The van der Waals surface area contributed by atoms with Gasteiger partial charge in [-0.05, 0) is 60.2 Å². The Bertz CT molecular complexity index is 975. The van der Waals surface area contributed by atoms with Crippen LogP contribution in [0.1, 0.15) is 11.1 Å². The second-order valence-corrected chi connectivity index (χ2v) is 7.70. The zero-order valence-corrected chi connectivity index (χ0v) is 16.5. The maximum absolute atomic E-state index is 12.5. The Kier molecular flexibility index (Phi) is 5.89. The molecule has 1 saturated heterocycles. The third-order valence-electron chi connectivity index (χ3n) is 3.80. The van der Waals surface area contributed by atoms with Crippen LogP contribution in [0.3, 0.4) is 0 Å².